The molecule has 33 heavy (non-hydrogen) atoms. The molecule has 6 rings (SSSR count). The normalized spacial score (nSPS) is 18.9. The molecule has 0 atom stereocenters. The van der Waals surface area contributed by atoms with Crippen LogP contribution in [0.4, 0.5) is 0 Å². The van der Waals surface area contributed by atoms with Crippen LogP contribution in [0, 0.1) is 0 Å². The number of imidazole rings is 1. The number of likely N-dealkylation sites (N-methyl/N-ethyl adjacent to an activating group) is 1. The smallest absolute Gasteiger partial charge is 0.151 e. The van der Waals surface area contributed by atoms with Gasteiger partial charge in [0.15, 0.2) is 5.82 Å². The van der Waals surface area contributed by atoms with Gasteiger partial charge >= 0.3 is 0 Å². The number of hydrogen-bond acceptors (Lipinski definition) is 5. The summed E-state index contributed by atoms with van der Waals surface area (Å²) in [6, 6.07) is 15.4. The second kappa shape index (κ2) is 8.78. The molecule has 170 valence electrons. The fourth-order valence-corrected chi connectivity index (χ4v) is 4.91. The Labute approximate surface area is 195 Å². The first-order valence-corrected chi connectivity index (χ1v) is 11.9. The third-order valence-corrected chi connectivity index (χ3v) is 6.90. The van der Waals surface area contributed by atoms with Gasteiger partial charge in [-0.15, -0.1) is 0 Å². The molecule has 0 aliphatic carbocycles. The van der Waals surface area contributed by atoms with E-state index >= 15 is 0 Å². The summed E-state index contributed by atoms with van der Waals surface area (Å²) in [5.74, 6) is 1.88. The molecule has 1 fully saturated rings. The van der Waals surface area contributed by atoms with Crippen LogP contribution in [0.3, 0.4) is 0 Å². The summed E-state index contributed by atoms with van der Waals surface area (Å²) in [6.07, 6.45) is 5.63. The fraction of sp³-hybridized carbons (Fsp3) is 0.370. The monoisotopic (exact) mass is 442 g/mol. The summed E-state index contributed by atoms with van der Waals surface area (Å²) in [7, 11) is 2.17. The van der Waals surface area contributed by atoms with Crippen molar-refractivity contribution >= 4 is 5.57 Å². The van der Waals surface area contributed by atoms with Gasteiger partial charge in [0, 0.05) is 38.9 Å². The van der Waals surface area contributed by atoms with E-state index in [-0.39, 0.29) is 0 Å². The Balaban J connectivity index is 1.22. The Morgan fingerprint density at radius 2 is 1.73 bits per heavy atom. The number of fused-ring (bicyclic) bond motifs is 3. The molecular formula is C27H30N4O2. The zero-order chi connectivity index (χ0) is 22.2. The SMILES string of the molecule is CN1CC=C(c2ccc(-c3ccc4c(c3)OCc3nc(CN5CCOCC5)cn3-4)cc2)CC1. The lowest BCUT2D eigenvalue weighted by molar-refractivity contribution is 0.0337. The van der Waals surface area contributed by atoms with Gasteiger partial charge in [0.1, 0.15) is 12.4 Å². The highest BCUT2D eigenvalue weighted by molar-refractivity contribution is 5.73. The molecule has 1 aromatic heterocycles. The second-order valence-corrected chi connectivity index (χ2v) is 9.20. The minimum absolute atomic E-state index is 0.501. The van der Waals surface area contributed by atoms with Crippen LogP contribution in [0.25, 0.3) is 22.4 Å². The van der Waals surface area contributed by atoms with Crippen molar-refractivity contribution in [1.29, 1.82) is 0 Å². The van der Waals surface area contributed by atoms with Crippen LogP contribution in [0.2, 0.25) is 0 Å². The van der Waals surface area contributed by atoms with E-state index in [2.05, 4.69) is 76.2 Å². The number of aromatic nitrogens is 2. The summed E-state index contributed by atoms with van der Waals surface area (Å²) in [5, 5.41) is 0. The molecule has 0 saturated carbocycles. The van der Waals surface area contributed by atoms with Crippen LogP contribution in [0.1, 0.15) is 23.5 Å². The molecule has 0 unspecified atom stereocenters. The van der Waals surface area contributed by atoms with Gasteiger partial charge in [-0.2, -0.15) is 0 Å². The molecular weight excluding hydrogens is 412 g/mol. The van der Waals surface area contributed by atoms with Crippen LogP contribution in [-0.4, -0.2) is 65.8 Å². The summed E-state index contributed by atoms with van der Waals surface area (Å²) >= 11 is 0. The Morgan fingerprint density at radius 1 is 0.939 bits per heavy atom. The lowest BCUT2D eigenvalue weighted by atomic mass is 9.96. The minimum Gasteiger partial charge on any atom is -0.483 e. The predicted molar refractivity (Wildman–Crippen MR) is 130 cm³/mol. The van der Waals surface area contributed by atoms with Crippen LogP contribution >= 0.6 is 0 Å². The topological polar surface area (TPSA) is 42.8 Å². The minimum atomic E-state index is 0.501. The summed E-state index contributed by atoms with van der Waals surface area (Å²) < 4.78 is 13.8. The first-order valence-electron chi connectivity index (χ1n) is 11.9. The number of hydrogen-bond donors (Lipinski definition) is 0. The van der Waals surface area contributed by atoms with E-state index in [0.717, 1.165) is 75.3 Å². The molecule has 3 aliphatic heterocycles. The van der Waals surface area contributed by atoms with Crippen molar-refractivity contribution in [2.75, 3.05) is 46.4 Å². The van der Waals surface area contributed by atoms with Gasteiger partial charge in [-0.25, -0.2) is 4.98 Å². The number of ether oxygens (including phenoxy) is 2. The lowest BCUT2D eigenvalue weighted by Crippen LogP contribution is -2.35. The van der Waals surface area contributed by atoms with Crippen molar-refractivity contribution in [3.05, 3.63) is 71.8 Å². The summed E-state index contributed by atoms with van der Waals surface area (Å²) in [5.41, 5.74) is 7.32. The first-order chi connectivity index (χ1) is 16.2. The third-order valence-electron chi connectivity index (χ3n) is 6.90. The lowest BCUT2D eigenvalue weighted by Gasteiger charge is -2.25. The summed E-state index contributed by atoms with van der Waals surface area (Å²) in [4.78, 5) is 9.58. The average molecular weight is 443 g/mol. The second-order valence-electron chi connectivity index (χ2n) is 9.20. The zero-order valence-corrected chi connectivity index (χ0v) is 19.2. The molecule has 0 radical (unpaired) electrons. The maximum Gasteiger partial charge on any atom is 0.151 e. The van der Waals surface area contributed by atoms with Crippen molar-refractivity contribution in [1.82, 2.24) is 19.4 Å². The van der Waals surface area contributed by atoms with Gasteiger partial charge < -0.3 is 14.4 Å². The predicted octanol–water partition coefficient (Wildman–Crippen LogP) is 3.98. The van der Waals surface area contributed by atoms with Crippen LogP contribution < -0.4 is 4.74 Å². The molecule has 0 bridgehead atoms. The van der Waals surface area contributed by atoms with Crippen molar-refractivity contribution in [3.63, 3.8) is 0 Å². The zero-order valence-electron chi connectivity index (χ0n) is 19.2. The Bertz CT molecular complexity index is 1180. The van der Waals surface area contributed by atoms with E-state index in [1.807, 2.05) is 0 Å². The molecule has 2 aromatic carbocycles. The van der Waals surface area contributed by atoms with E-state index in [9.17, 15) is 0 Å². The quantitative estimate of drug-likeness (QED) is 0.611. The van der Waals surface area contributed by atoms with E-state index < -0.39 is 0 Å². The molecule has 6 nitrogen and oxygen atoms in total. The molecule has 0 spiro atoms. The average Bonchev–Trinajstić information content (AvgIpc) is 3.28. The highest BCUT2D eigenvalue weighted by Gasteiger charge is 2.21. The summed E-state index contributed by atoms with van der Waals surface area (Å²) in [6.45, 7) is 7.05. The number of benzene rings is 2. The Hall–Kier alpha value is -2.93. The van der Waals surface area contributed by atoms with Gasteiger partial charge in [-0.3, -0.25) is 9.47 Å². The van der Waals surface area contributed by atoms with Gasteiger partial charge in [0.2, 0.25) is 0 Å². The molecule has 0 N–H and O–H groups in total. The van der Waals surface area contributed by atoms with Gasteiger partial charge in [-0.05, 0) is 47.9 Å². The van der Waals surface area contributed by atoms with Gasteiger partial charge in [0.05, 0.1) is 24.6 Å². The van der Waals surface area contributed by atoms with Crippen molar-refractivity contribution in [3.8, 4) is 22.6 Å². The molecule has 1 saturated heterocycles. The Morgan fingerprint density at radius 3 is 2.52 bits per heavy atom. The van der Waals surface area contributed by atoms with Crippen LogP contribution in [-0.2, 0) is 17.9 Å². The van der Waals surface area contributed by atoms with E-state index in [4.69, 9.17) is 14.5 Å². The fourth-order valence-electron chi connectivity index (χ4n) is 4.91. The third kappa shape index (κ3) is 4.22. The number of nitrogens with zero attached hydrogens (tertiary/aromatic N) is 4. The molecule has 3 aliphatic rings. The molecule has 4 heterocycles. The largest absolute Gasteiger partial charge is 0.483 e. The molecule has 6 heteroatoms. The van der Waals surface area contributed by atoms with Crippen LogP contribution in [0.5, 0.6) is 5.75 Å². The van der Waals surface area contributed by atoms with E-state index in [0.29, 0.717) is 6.61 Å². The van der Waals surface area contributed by atoms with E-state index in [1.54, 1.807) is 0 Å². The first kappa shape index (κ1) is 20.7. The number of morpholine rings is 1. The highest BCUT2D eigenvalue weighted by Crippen LogP contribution is 2.35. The van der Waals surface area contributed by atoms with Gasteiger partial charge in [0.25, 0.3) is 0 Å². The maximum absolute atomic E-state index is 6.11. The standard InChI is InChI=1S/C27H30N4O2/c1-29-10-8-22(9-11-29)20-2-4-21(5-3-20)23-6-7-25-26(16-23)33-19-27-28-24(18-31(25)27)17-30-12-14-32-15-13-30/h2-8,16,18H,9-15,17,19H2,1H3. The van der Waals surface area contributed by atoms with E-state index in [1.165, 1.54) is 22.3 Å². The van der Waals surface area contributed by atoms with Crippen molar-refractivity contribution < 1.29 is 9.47 Å². The van der Waals surface area contributed by atoms with Crippen molar-refractivity contribution in [2.45, 2.75) is 19.6 Å². The van der Waals surface area contributed by atoms with Gasteiger partial charge in [-0.1, -0.05) is 36.4 Å². The van der Waals surface area contributed by atoms with Crippen LogP contribution in [0.15, 0.2) is 54.7 Å². The van der Waals surface area contributed by atoms with Crippen molar-refractivity contribution in [2.24, 2.45) is 0 Å². The maximum atomic E-state index is 6.11. The highest BCUT2D eigenvalue weighted by atomic mass is 16.5. The molecule has 0 amide bonds. The number of rotatable bonds is 4. The Kier molecular flexibility index (Phi) is 5.50. The molecule has 3 aromatic rings.